The molecular weight excluding hydrogens is 417 g/mol. The van der Waals surface area contributed by atoms with E-state index in [4.69, 9.17) is 34.8 Å². The summed E-state index contributed by atoms with van der Waals surface area (Å²) >= 11 is 18.3. The minimum Gasteiger partial charge on any atom is -0.300 e. The molecule has 0 fully saturated rings. The lowest BCUT2D eigenvalue weighted by Crippen LogP contribution is -2.41. The van der Waals surface area contributed by atoms with Crippen molar-refractivity contribution >= 4 is 56.2 Å². The van der Waals surface area contributed by atoms with E-state index in [1.165, 1.54) is 23.1 Å². The minimum atomic E-state index is -3.37. The van der Waals surface area contributed by atoms with Gasteiger partial charge in [-0.2, -0.15) is 0 Å². The van der Waals surface area contributed by atoms with Crippen molar-refractivity contribution in [1.82, 2.24) is 0 Å². The first kappa shape index (κ1) is 19.2. The Morgan fingerprint density at radius 1 is 1.12 bits per heavy atom. The van der Waals surface area contributed by atoms with Gasteiger partial charge < -0.3 is 4.90 Å². The molecule has 0 saturated heterocycles. The Labute approximate surface area is 166 Å². The molecule has 0 aliphatic carbocycles. The maximum Gasteiger partial charge on any atom is 0.260 e. The number of carbonyl (C=O) groups excluding carboxylic acids is 1. The number of nitrogens with zero attached hydrogens (tertiary/aromatic N) is 1. The van der Waals surface area contributed by atoms with E-state index in [2.05, 4.69) is 0 Å². The quantitative estimate of drug-likeness (QED) is 0.695. The van der Waals surface area contributed by atoms with Crippen molar-refractivity contribution in [2.45, 2.75) is 13.0 Å². The molecule has 0 N–H and O–H groups in total. The molecule has 0 radical (unpaired) electrons. The highest BCUT2D eigenvalue weighted by Crippen LogP contribution is 2.33. The van der Waals surface area contributed by atoms with Gasteiger partial charge in [-0.25, -0.2) is 8.42 Å². The molecule has 2 aromatic rings. The zero-order chi connectivity index (χ0) is 19.1. The molecule has 1 aliphatic rings. The summed E-state index contributed by atoms with van der Waals surface area (Å²) in [6.45, 7) is 1.77. The summed E-state index contributed by atoms with van der Waals surface area (Å²) in [7, 11) is -3.37. The van der Waals surface area contributed by atoms with Gasteiger partial charge in [-0.3, -0.25) is 4.79 Å². The molecule has 2 aromatic carbocycles. The second kappa shape index (κ2) is 7.24. The van der Waals surface area contributed by atoms with E-state index in [9.17, 15) is 13.2 Å². The van der Waals surface area contributed by atoms with Crippen molar-refractivity contribution in [3.8, 4) is 0 Å². The third kappa shape index (κ3) is 3.76. The average molecular weight is 431 g/mol. The molecule has 8 heteroatoms. The summed E-state index contributed by atoms with van der Waals surface area (Å²) in [5.74, 6) is -0.626. The SMILES string of the molecule is Cc1c(Cl)cccc1N(C(=O)c1ccc(Cl)cc1Cl)C1C=CS(=O)(=O)C1. The van der Waals surface area contributed by atoms with E-state index >= 15 is 0 Å². The van der Waals surface area contributed by atoms with E-state index in [0.29, 0.717) is 21.3 Å². The average Bonchev–Trinajstić information content (AvgIpc) is 2.91. The second-order valence-corrected chi connectivity index (χ2v) is 9.09. The van der Waals surface area contributed by atoms with Crippen molar-refractivity contribution in [3.05, 3.63) is 74.1 Å². The first-order valence-electron chi connectivity index (χ1n) is 7.64. The van der Waals surface area contributed by atoms with Crippen molar-refractivity contribution in [2.24, 2.45) is 0 Å². The van der Waals surface area contributed by atoms with Crippen LogP contribution < -0.4 is 4.90 Å². The van der Waals surface area contributed by atoms with Crippen molar-refractivity contribution < 1.29 is 13.2 Å². The topological polar surface area (TPSA) is 54.5 Å². The fourth-order valence-corrected chi connectivity index (χ4v) is 4.74. The summed E-state index contributed by atoms with van der Waals surface area (Å²) in [6.07, 6.45) is 1.50. The monoisotopic (exact) mass is 429 g/mol. The molecule has 0 bridgehead atoms. The van der Waals surface area contributed by atoms with Crippen LogP contribution in [0.15, 0.2) is 47.9 Å². The van der Waals surface area contributed by atoms with Crippen LogP contribution in [-0.2, 0) is 9.84 Å². The standard InChI is InChI=1S/C18H14Cl3NO3S/c1-11-15(20)3-2-4-17(11)22(13-7-8-26(24,25)10-13)18(23)14-6-5-12(19)9-16(14)21/h2-9,13H,10H2,1H3. The van der Waals surface area contributed by atoms with Crippen LogP contribution in [0.1, 0.15) is 15.9 Å². The van der Waals surface area contributed by atoms with Gasteiger partial charge >= 0.3 is 0 Å². The molecule has 0 saturated carbocycles. The van der Waals surface area contributed by atoms with E-state index in [0.717, 1.165) is 5.41 Å². The fourth-order valence-electron chi connectivity index (χ4n) is 2.81. The number of amides is 1. The Morgan fingerprint density at radius 2 is 1.85 bits per heavy atom. The maximum absolute atomic E-state index is 13.3. The number of anilines is 1. The number of carbonyl (C=O) groups is 1. The molecule has 136 valence electrons. The van der Waals surface area contributed by atoms with E-state index < -0.39 is 21.8 Å². The van der Waals surface area contributed by atoms with Crippen molar-refractivity contribution in [1.29, 1.82) is 0 Å². The highest BCUT2D eigenvalue weighted by atomic mass is 35.5. The van der Waals surface area contributed by atoms with Gasteiger partial charge in [-0.15, -0.1) is 0 Å². The van der Waals surface area contributed by atoms with Gasteiger partial charge in [0.25, 0.3) is 5.91 Å². The lowest BCUT2D eigenvalue weighted by Gasteiger charge is -2.29. The van der Waals surface area contributed by atoms with Gasteiger partial charge in [0.1, 0.15) is 0 Å². The highest BCUT2D eigenvalue weighted by Gasteiger charge is 2.33. The van der Waals surface area contributed by atoms with Crippen LogP contribution >= 0.6 is 34.8 Å². The van der Waals surface area contributed by atoms with Crippen LogP contribution in [-0.4, -0.2) is 26.1 Å². The van der Waals surface area contributed by atoms with Gasteiger partial charge in [0.05, 0.1) is 22.4 Å². The van der Waals surface area contributed by atoms with Crippen LogP contribution in [0.25, 0.3) is 0 Å². The summed E-state index contributed by atoms with van der Waals surface area (Å²) in [5, 5.41) is 2.20. The predicted molar refractivity (Wildman–Crippen MR) is 106 cm³/mol. The zero-order valence-corrected chi connectivity index (χ0v) is 16.7. The Bertz CT molecular complexity index is 1020. The number of rotatable bonds is 3. The van der Waals surface area contributed by atoms with Crippen molar-refractivity contribution in [3.63, 3.8) is 0 Å². The molecule has 4 nitrogen and oxygen atoms in total. The molecule has 0 aromatic heterocycles. The molecule has 3 rings (SSSR count). The van der Waals surface area contributed by atoms with E-state index in [1.807, 2.05) is 0 Å². The summed E-state index contributed by atoms with van der Waals surface area (Å²) < 4.78 is 23.8. The highest BCUT2D eigenvalue weighted by molar-refractivity contribution is 7.94. The maximum atomic E-state index is 13.3. The number of halogens is 3. The normalized spacial score (nSPS) is 18.1. The molecule has 0 spiro atoms. The fraction of sp³-hybridized carbons (Fsp3) is 0.167. The molecule has 1 amide bonds. The second-order valence-electron chi connectivity index (χ2n) is 5.91. The smallest absolute Gasteiger partial charge is 0.260 e. The minimum absolute atomic E-state index is 0.192. The summed E-state index contributed by atoms with van der Waals surface area (Å²) in [5.41, 5.74) is 1.43. The largest absolute Gasteiger partial charge is 0.300 e. The van der Waals surface area contributed by atoms with Crippen LogP contribution in [0.5, 0.6) is 0 Å². The van der Waals surface area contributed by atoms with Crippen LogP contribution in [0, 0.1) is 6.92 Å². The Kier molecular flexibility index (Phi) is 5.35. The first-order valence-corrected chi connectivity index (χ1v) is 10.5. The van der Waals surface area contributed by atoms with Gasteiger partial charge in [0, 0.05) is 21.1 Å². The summed E-state index contributed by atoms with van der Waals surface area (Å²) in [6, 6.07) is 9.04. The third-order valence-electron chi connectivity index (χ3n) is 4.12. The van der Waals surface area contributed by atoms with Gasteiger partial charge in [-0.1, -0.05) is 40.9 Å². The Morgan fingerprint density at radius 3 is 2.46 bits per heavy atom. The van der Waals surface area contributed by atoms with E-state index in [1.54, 1.807) is 31.2 Å². The Hall–Kier alpha value is -1.53. The number of sulfone groups is 1. The Balaban J connectivity index is 2.13. The molecule has 1 unspecified atom stereocenters. The first-order chi connectivity index (χ1) is 12.2. The third-order valence-corrected chi connectivity index (χ3v) is 6.46. The summed E-state index contributed by atoms with van der Waals surface area (Å²) in [4.78, 5) is 14.7. The lowest BCUT2D eigenvalue weighted by atomic mass is 10.1. The van der Waals surface area contributed by atoms with Crippen LogP contribution in [0.2, 0.25) is 15.1 Å². The van der Waals surface area contributed by atoms with Gasteiger partial charge in [0.15, 0.2) is 9.84 Å². The van der Waals surface area contributed by atoms with Crippen LogP contribution in [0.3, 0.4) is 0 Å². The number of hydrogen-bond donors (Lipinski definition) is 0. The molecular formula is C18H14Cl3NO3S. The molecule has 1 aliphatic heterocycles. The van der Waals surface area contributed by atoms with Crippen molar-refractivity contribution in [2.75, 3.05) is 10.7 Å². The molecule has 1 atom stereocenters. The van der Waals surface area contributed by atoms with Gasteiger partial charge in [0.2, 0.25) is 0 Å². The number of hydrogen-bond acceptors (Lipinski definition) is 3. The number of benzene rings is 2. The zero-order valence-electron chi connectivity index (χ0n) is 13.6. The lowest BCUT2D eigenvalue weighted by molar-refractivity contribution is 0.0983. The predicted octanol–water partition coefficient (Wildman–Crippen LogP) is 4.91. The molecule has 26 heavy (non-hydrogen) atoms. The van der Waals surface area contributed by atoms with E-state index in [-0.39, 0.29) is 16.3 Å². The van der Waals surface area contributed by atoms with Gasteiger partial charge in [-0.05, 0) is 48.9 Å². The van der Waals surface area contributed by atoms with Crippen LogP contribution in [0.4, 0.5) is 5.69 Å². The molecule has 1 heterocycles.